The zero-order valence-corrected chi connectivity index (χ0v) is 14.4. The van der Waals surface area contributed by atoms with Crippen LogP contribution in [-0.2, 0) is 4.79 Å². The highest BCUT2D eigenvalue weighted by Crippen LogP contribution is 2.36. The summed E-state index contributed by atoms with van der Waals surface area (Å²) >= 11 is 0. The molecular formula is C15H28F2N3OP. The molecule has 0 aromatic heterocycles. The maximum absolute atomic E-state index is 13.1. The fraction of sp³-hybridized carbons (Fsp3) is 0.933. The summed E-state index contributed by atoms with van der Waals surface area (Å²) in [6, 6.07) is 0.509. The number of amides is 1. The van der Waals surface area contributed by atoms with E-state index in [0.717, 1.165) is 32.6 Å². The second-order valence-corrected chi connectivity index (χ2v) is 7.49. The summed E-state index contributed by atoms with van der Waals surface area (Å²) in [6.07, 6.45) is 1.14. The number of halogens is 2. The van der Waals surface area contributed by atoms with Crippen molar-refractivity contribution in [1.29, 1.82) is 0 Å². The summed E-state index contributed by atoms with van der Waals surface area (Å²) < 4.78 is 26.2. The standard InChI is InChI=1S/C15H28F2N3OP/c1-11-10-20(9-7-18-11)8-4-13(22)19-14(21)12-2-5-15(16,17)6-3-12/h11-13,18H,2-10,22H2,1H3,(H,19,21)/t11?,13-/m1/s1. The number of rotatable bonds is 5. The van der Waals surface area contributed by atoms with Crippen LogP contribution in [0.1, 0.15) is 39.0 Å². The van der Waals surface area contributed by atoms with Crippen molar-refractivity contribution in [1.82, 2.24) is 15.5 Å². The van der Waals surface area contributed by atoms with Crippen molar-refractivity contribution < 1.29 is 13.6 Å². The SMILES string of the molecule is CC1CN(CC[C@@H](P)NC(=O)C2CCC(F)(F)CC2)CCN1. The second-order valence-electron chi connectivity index (χ2n) is 6.69. The third kappa shape index (κ3) is 5.71. The molecule has 128 valence electrons. The van der Waals surface area contributed by atoms with Crippen LogP contribution in [-0.4, -0.2) is 54.7 Å². The Bertz CT molecular complexity index is 374. The predicted octanol–water partition coefficient (Wildman–Crippen LogP) is 1.81. The second kappa shape index (κ2) is 7.98. The highest BCUT2D eigenvalue weighted by atomic mass is 31.0. The van der Waals surface area contributed by atoms with Crippen LogP contribution in [0.15, 0.2) is 0 Å². The largest absolute Gasteiger partial charge is 0.350 e. The average Bonchev–Trinajstić information content (AvgIpc) is 2.45. The molecule has 4 nitrogen and oxygen atoms in total. The summed E-state index contributed by atoms with van der Waals surface area (Å²) in [5, 5.41) is 6.37. The van der Waals surface area contributed by atoms with E-state index in [0.29, 0.717) is 18.9 Å². The molecule has 0 radical (unpaired) electrons. The lowest BCUT2D eigenvalue weighted by atomic mass is 9.86. The van der Waals surface area contributed by atoms with Gasteiger partial charge in [0, 0.05) is 56.8 Å². The first kappa shape index (κ1) is 18.0. The zero-order valence-electron chi connectivity index (χ0n) is 13.3. The Labute approximate surface area is 134 Å². The summed E-state index contributed by atoms with van der Waals surface area (Å²) in [5.74, 6) is -2.87. The molecule has 2 fully saturated rings. The third-order valence-corrected chi connectivity index (χ3v) is 5.12. The van der Waals surface area contributed by atoms with E-state index in [1.807, 2.05) is 0 Å². The number of carbonyl (C=O) groups is 1. The van der Waals surface area contributed by atoms with Crippen LogP contribution >= 0.6 is 9.24 Å². The van der Waals surface area contributed by atoms with Crippen molar-refractivity contribution in [2.75, 3.05) is 26.2 Å². The van der Waals surface area contributed by atoms with E-state index < -0.39 is 5.92 Å². The number of nitrogens with one attached hydrogen (secondary N) is 2. The fourth-order valence-electron chi connectivity index (χ4n) is 3.21. The Kier molecular flexibility index (Phi) is 6.54. The summed E-state index contributed by atoms with van der Waals surface area (Å²) in [5.41, 5.74) is 0. The smallest absolute Gasteiger partial charge is 0.248 e. The topological polar surface area (TPSA) is 44.4 Å². The van der Waals surface area contributed by atoms with Gasteiger partial charge in [0.15, 0.2) is 0 Å². The maximum atomic E-state index is 13.1. The Hall–Kier alpha value is -0.320. The van der Waals surface area contributed by atoms with Crippen LogP contribution in [0.2, 0.25) is 0 Å². The highest BCUT2D eigenvalue weighted by molar-refractivity contribution is 7.17. The molecule has 2 aliphatic rings. The van der Waals surface area contributed by atoms with Crippen molar-refractivity contribution in [2.24, 2.45) is 5.92 Å². The van der Waals surface area contributed by atoms with Gasteiger partial charge in [0.1, 0.15) is 0 Å². The molecule has 2 N–H and O–H groups in total. The summed E-state index contributed by atoms with van der Waals surface area (Å²) in [4.78, 5) is 14.5. The highest BCUT2D eigenvalue weighted by Gasteiger charge is 2.37. The minimum atomic E-state index is -2.57. The van der Waals surface area contributed by atoms with Crippen LogP contribution in [0.5, 0.6) is 0 Å². The van der Waals surface area contributed by atoms with Gasteiger partial charge in [-0.05, 0) is 26.2 Å². The normalized spacial score (nSPS) is 28.3. The van der Waals surface area contributed by atoms with Crippen molar-refractivity contribution >= 4 is 15.1 Å². The molecule has 1 heterocycles. The first-order valence-electron chi connectivity index (χ1n) is 8.25. The molecule has 22 heavy (non-hydrogen) atoms. The summed E-state index contributed by atoms with van der Waals surface area (Å²) in [7, 11) is 2.66. The van der Waals surface area contributed by atoms with Gasteiger partial charge in [0.25, 0.3) is 0 Å². The Morgan fingerprint density at radius 1 is 1.45 bits per heavy atom. The fourth-order valence-corrected chi connectivity index (χ4v) is 3.53. The third-order valence-electron chi connectivity index (χ3n) is 4.62. The average molecular weight is 335 g/mol. The van der Waals surface area contributed by atoms with Crippen molar-refractivity contribution in [3.63, 3.8) is 0 Å². The number of hydrogen-bond acceptors (Lipinski definition) is 3. The van der Waals surface area contributed by atoms with Gasteiger partial charge in [-0.1, -0.05) is 0 Å². The van der Waals surface area contributed by atoms with E-state index in [2.05, 4.69) is 31.7 Å². The van der Waals surface area contributed by atoms with E-state index in [4.69, 9.17) is 0 Å². The quantitative estimate of drug-likeness (QED) is 0.753. The number of piperazine rings is 1. The molecule has 1 aliphatic heterocycles. The van der Waals surface area contributed by atoms with Gasteiger partial charge in [-0.15, -0.1) is 9.24 Å². The molecule has 1 amide bonds. The lowest BCUT2D eigenvalue weighted by Gasteiger charge is -2.33. The molecule has 2 unspecified atom stereocenters. The van der Waals surface area contributed by atoms with Crippen LogP contribution in [0, 0.1) is 5.92 Å². The Morgan fingerprint density at radius 2 is 2.14 bits per heavy atom. The van der Waals surface area contributed by atoms with Crippen LogP contribution in [0.25, 0.3) is 0 Å². The molecule has 0 spiro atoms. The van der Waals surface area contributed by atoms with Gasteiger partial charge in [0.05, 0.1) is 0 Å². The lowest BCUT2D eigenvalue weighted by molar-refractivity contribution is -0.129. The molecule has 3 atom stereocenters. The van der Waals surface area contributed by atoms with E-state index in [1.165, 1.54) is 0 Å². The van der Waals surface area contributed by atoms with Gasteiger partial charge in [-0.25, -0.2) is 8.78 Å². The van der Waals surface area contributed by atoms with Crippen LogP contribution in [0.4, 0.5) is 8.78 Å². The number of alkyl halides is 2. The number of hydrogen-bond donors (Lipinski definition) is 2. The maximum Gasteiger partial charge on any atom is 0.248 e. The van der Waals surface area contributed by atoms with E-state index in [-0.39, 0.29) is 30.4 Å². The van der Waals surface area contributed by atoms with E-state index >= 15 is 0 Å². The first-order valence-corrected chi connectivity index (χ1v) is 8.92. The zero-order chi connectivity index (χ0) is 16.2. The lowest BCUT2D eigenvalue weighted by Crippen LogP contribution is -2.50. The number of carbonyl (C=O) groups excluding carboxylic acids is 1. The molecular weight excluding hydrogens is 307 g/mol. The van der Waals surface area contributed by atoms with Crippen LogP contribution < -0.4 is 10.6 Å². The first-order chi connectivity index (χ1) is 10.4. The molecule has 0 bridgehead atoms. The van der Waals surface area contributed by atoms with Crippen molar-refractivity contribution in [3.8, 4) is 0 Å². The van der Waals surface area contributed by atoms with Crippen LogP contribution in [0.3, 0.4) is 0 Å². The van der Waals surface area contributed by atoms with Gasteiger partial charge in [-0.3, -0.25) is 4.79 Å². The number of nitrogens with zero attached hydrogens (tertiary/aromatic N) is 1. The molecule has 1 aliphatic carbocycles. The van der Waals surface area contributed by atoms with E-state index in [1.54, 1.807) is 0 Å². The van der Waals surface area contributed by atoms with Crippen molar-refractivity contribution in [2.45, 2.75) is 56.8 Å². The minimum absolute atomic E-state index is 0.0140. The minimum Gasteiger partial charge on any atom is -0.350 e. The Morgan fingerprint density at radius 3 is 2.77 bits per heavy atom. The van der Waals surface area contributed by atoms with Gasteiger partial charge < -0.3 is 15.5 Å². The predicted molar refractivity (Wildman–Crippen MR) is 87.1 cm³/mol. The van der Waals surface area contributed by atoms with E-state index in [9.17, 15) is 13.6 Å². The summed E-state index contributed by atoms with van der Waals surface area (Å²) in [6.45, 7) is 6.19. The molecule has 7 heteroatoms. The molecule has 2 rings (SSSR count). The monoisotopic (exact) mass is 335 g/mol. The van der Waals surface area contributed by atoms with Gasteiger partial charge in [0.2, 0.25) is 11.8 Å². The van der Waals surface area contributed by atoms with Gasteiger partial charge >= 0.3 is 0 Å². The van der Waals surface area contributed by atoms with Gasteiger partial charge in [-0.2, -0.15) is 0 Å². The van der Waals surface area contributed by atoms with Crippen molar-refractivity contribution in [3.05, 3.63) is 0 Å². The Balaban J connectivity index is 1.66. The molecule has 0 aromatic rings. The molecule has 1 saturated heterocycles. The molecule has 1 saturated carbocycles. The molecule has 0 aromatic carbocycles.